The maximum absolute atomic E-state index is 9.33. The quantitative estimate of drug-likeness (QED) is 0.887. The molecule has 2 rings (SSSR count). The van der Waals surface area contributed by atoms with Gasteiger partial charge in [0, 0.05) is 12.8 Å². The second kappa shape index (κ2) is 4.93. The van der Waals surface area contributed by atoms with Crippen LogP contribution in [0.2, 0.25) is 0 Å². The molecule has 0 amide bonds. The van der Waals surface area contributed by atoms with Crippen molar-refractivity contribution >= 4 is 0 Å². The molecule has 1 saturated carbocycles. The van der Waals surface area contributed by atoms with Gasteiger partial charge in [-0.15, -0.1) is 0 Å². The summed E-state index contributed by atoms with van der Waals surface area (Å²) in [6, 6.07) is 6.48. The SMILES string of the molecule is CCc1ccc(OC2CC(O)C2)c(C(C)(C)C)c1. The summed E-state index contributed by atoms with van der Waals surface area (Å²) in [5.41, 5.74) is 2.70. The summed E-state index contributed by atoms with van der Waals surface area (Å²) in [5, 5.41) is 9.33. The Kier molecular flexibility index (Phi) is 3.67. The molecule has 1 aromatic rings. The molecular formula is C16H24O2. The second-order valence-corrected chi connectivity index (χ2v) is 6.30. The van der Waals surface area contributed by atoms with Gasteiger partial charge in [-0.1, -0.05) is 39.8 Å². The van der Waals surface area contributed by atoms with Crippen molar-refractivity contribution in [2.24, 2.45) is 0 Å². The third kappa shape index (κ3) is 2.86. The summed E-state index contributed by atoms with van der Waals surface area (Å²) in [7, 11) is 0. The van der Waals surface area contributed by atoms with Crippen molar-refractivity contribution in [2.45, 2.75) is 64.6 Å². The maximum Gasteiger partial charge on any atom is 0.123 e. The molecule has 2 heteroatoms. The number of hydrogen-bond donors (Lipinski definition) is 1. The zero-order valence-electron chi connectivity index (χ0n) is 11.9. The predicted octanol–water partition coefficient (Wildman–Crippen LogP) is 3.45. The van der Waals surface area contributed by atoms with Crippen LogP contribution in [0.25, 0.3) is 0 Å². The van der Waals surface area contributed by atoms with Crippen molar-refractivity contribution < 1.29 is 9.84 Å². The van der Waals surface area contributed by atoms with E-state index in [0.717, 1.165) is 25.0 Å². The molecule has 1 aromatic carbocycles. The number of aryl methyl sites for hydroxylation is 1. The Morgan fingerprint density at radius 1 is 1.28 bits per heavy atom. The van der Waals surface area contributed by atoms with E-state index in [-0.39, 0.29) is 17.6 Å². The first-order chi connectivity index (χ1) is 8.40. The van der Waals surface area contributed by atoms with Crippen LogP contribution in [0.15, 0.2) is 18.2 Å². The third-order valence-corrected chi connectivity index (χ3v) is 3.62. The Hall–Kier alpha value is -1.02. The summed E-state index contributed by atoms with van der Waals surface area (Å²) in [6.45, 7) is 8.81. The van der Waals surface area contributed by atoms with Crippen molar-refractivity contribution in [2.75, 3.05) is 0 Å². The van der Waals surface area contributed by atoms with Gasteiger partial charge >= 0.3 is 0 Å². The lowest BCUT2D eigenvalue weighted by molar-refractivity contribution is -0.0115. The molecule has 0 saturated heterocycles. The standard InChI is InChI=1S/C16H24O2/c1-5-11-6-7-15(14(8-11)16(2,3)4)18-13-9-12(17)10-13/h6-8,12-13,17H,5,9-10H2,1-4H3. The summed E-state index contributed by atoms with van der Waals surface area (Å²) in [5.74, 6) is 0.983. The number of aliphatic hydroxyl groups is 1. The fourth-order valence-corrected chi connectivity index (χ4v) is 2.30. The highest BCUT2D eigenvalue weighted by Gasteiger charge is 2.30. The van der Waals surface area contributed by atoms with Gasteiger partial charge in [-0.05, 0) is 29.0 Å². The van der Waals surface area contributed by atoms with Gasteiger partial charge in [0.2, 0.25) is 0 Å². The summed E-state index contributed by atoms with van der Waals surface area (Å²) in [4.78, 5) is 0. The van der Waals surface area contributed by atoms with Gasteiger partial charge in [0.25, 0.3) is 0 Å². The average Bonchev–Trinajstić information content (AvgIpc) is 2.26. The van der Waals surface area contributed by atoms with Gasteiger partial charge in [0.1, 0.15) is 11.9 Å². The van der Waals surface area contributed by atoms with Crippen LogP contribution < -0.4 is 4.74 Å². The molecule has 0 bridgehead atoms. The molecule has 18 heavy (non-hydrogen) atoms. The van der Waals surface area contributed by atoms with E-state index in [1.165, 1.54) is 11.1 Å². The molecule has 1 fully saturated rings. The van der Waals surface area contributed by atoms with E-state index in [9.17, 15) is 5.11 Å². The van der Waals surface area contributed by atoms with Crippen LogP contribution in [0, 0.1) is 0 Å². The molecule has 0 radical (unpaired) electrons. The van der Waals surface area contributed by atoms with Gasteiger partial charge < -0.3 is 9.84 Å². The van der Waals surface area contributed by atoms with E-state index in [2.05, 4.69) is 45.9 Å². The molecule has 1 aliphatic rings. The monoisotopic (exact) mass is 248 g/mol. The summed E-state index contributed by atoms with van der Waals surface area (Å²) < 4.78 is 6.02. The number of ether oxygens (including phenoxy) is 1. The van der Waals surface area contributed by atoms with Crippen molar-refractivity contribution in [3.8, 4) is 5.75 Å². The van der Waals surface area contributed by atoms with Crippen molar-refractivity contribution in [3.63, 3.8) is 0 Å². The van der Waals surface area contributed by atoms with Crippen LogP contribution in [-0.4, -0.2) is 17.3 Å². The molecule has 0 aliphatic heterocycles. The highest BCUT2D eigenvalue weighted by molar-refractivity contribution is 5.42. The van der Waals surface area contributed by atoms with E-state index in [4.69, 9.17) is 4.74 Å². The Balaban J connectivity index is 2.22. The van der Waals surface area contributed by atoms with Crippen LogP contribution in [0.5, 0.6) is 5.75 Å². The number of rotatable bonds is 3. The molecule has 1 N–H and O–H groups in total. The van der Waals surface area contributed by atoms with Crippen molar-refractivity contribution in [1.29, 1.82) is 0 Å². The van der Waals surface area contributed by atoms with Gasteiger partial charge in [0.15, 0.2) is 0 Å². The Morgan fingerprint density at radius 2 is 1.94 bits per heavy atom. The van der Waals surface area contributed by atoms with E-state index < -0.39 is 0 Å². The largest absolute Gasteiger partial charge is 0.490 e. The summed E-state index contributed by atoms with van der Waals surface area (Å²) in [6.07, 6.45) is 2.60. The van der Waals surface area contributed by atoms with Gasteiger partial charge in [-0.3, -0.25) is 0 Å². The zero-order chi connectivity index (χ0) is 13.3. The molecule has 0 atom stereocenters. The number of benzene rings is 1. The molecule has 0 aromatic heterocycles. The maximum atomic E-state index is 9.33. The lowest BCUT2D eigenvalue weighted by Gasteiger charge is -2.34. The van der Waals surface area contributed by atoms with Gasteiger partial charge in [-0.2, -0.15) is 0 Å². The first-order valence-electron chi connectivity index (χ1n) is 6.88. The smallest absolute Gasteiger partial charge is 0.123 e. The molecule has 0 unspecified atom stereocenters. The van der Waals surface area contributed by atoms with Crippen LogP contribution in [0.1, 0.15) is 51.7 Å². The molecule has 1 aliphatic carbocycles. The highest BCUT2D eigenvalue weighted by Crippen LogP contribution is 2.35. The van der Waals surface area contributed by atoms with E-state index >= 15 is 0 Å². The van der Waals surface area contributed by atoms with Crippen LogP contribution >= 0.6 is 0 Å². The summed E-state index contributed by atoms with van der Waals surface area (Å²) >= 11 is 0. The molecule has 2 nitrogen and oxygen atoms in total. The lowest BCUT2D eigenvalue weighted by atomic mass is 9.84. The second-order valence-electron chi connectivity index (χ2n) is 6.30. The van der Waals surface area contributed by atoms with E-state index in [1.807, 2.05) is 0 Å². The van der Waals surface area contributed by atoms with Crippen LogP contribution in [0.4, 0.5) is 0 Å². The van der Waals surface area contributed by atoms with Crippen LogP contribution in [0.3, 0.4) is 0 Å². The van der Waals surface area contributed by atoms with Crippen molar-refractivity contribution in [3.05, 3.63) is 29.3 Å². The predicted molar refractivity (Wildman–Crippen MR) is 74.2 cm³/mol. The Morgan fingerprint density at radius 3 is 2.44 bits per heavy atom. The fraction of sp³-hybridized carbons (Fsp3) is 0.625. The molecular weight excluding hydrogens is 224 g/mol. The average molecular weight is 248 g/mol. The Bertz CT molecular complexity index is 412. The van der Waals surface area contributed by atoms with Crippen LogP contribution in [-0.2, 0) is 11.8 Å². The van der Waals surface area contributed by atoms with Gasteiger partial charge in [-0.25, -0.2) is 0 Å². The minimum Gasteiger partial charge on any atom is -0.490 e. The minimum atomic E-state index is -0.164. The molecule has 0 heterocycles. The Labute approximate surface area is 110 Å². The van der Waals surface area contributed by atoms with Gasteiger partial charge in [0.05, 0.1) is 6.10 Å². The van der Waals surface area contributed by atoms with E-state index in [0.29, 0.717) is 0 Å². The number of hydrogen-bond acceptors (Lipinski definition) is 2. The van der Waals surface area contributed by atoms with Crippen molar-refractivity contribution in [1.82, 2.24) is 0 Å². The normalized spacial score (nSPS) is 23.6. The fourth-order valence-electron chi connectivity index (χ4n) is 2.30. The highest BCUT2D eigenvalue weighted by atomic mass is 16.5. The zero-order valence-corrected chi connectivity index (χ0v) is 11.9. The molecule has 0 spiro atoms. The minimum absolute atomic E-state index is 0.0862. The lowest BCUT2D eigenvalue weighted by Crippen LogP contribution is -2.38. The first-order valence-corrected chi connectivity index (χ1v) is 6.88. The van der Waals surface area contributed by atoms with E-state index in [1.54, 1.807) is 0 Å². The molecule has 100 valence electrons. The topological polar surface area (TPSA) is 29.5 Å². The first kappa shape index (κ1) is 13.4. The number of aliphatic hydroxyl groups excluding tert-OH is 1. The third-order valence-electron chi connectivity index (χ3n) is 3.62.